The molecule has 1 aromatic rings. The minimum atomic E-state index is -0.403. The van der Waals surface area contributed by atoms with Gasteiger partial charge in [0.05, 0.1) is 37.6 Å². The molecule has 15 heavy (non-hydrogen) atoms. The number of pyridine rings is 1. The fourth-order valence-corrected chi connectivity index (χ4v) is 1.78. The highest BCUT2D eigenvalue weighted by atomic mass is 16.5. The molecule has 0 spiro atoms. The Kier molecular flexibility index (Phi) is 2.34. The molecule has 0 N–H and O–H groups in total. The summed E-state index contributed by atoms with van der Waals surface area (Å²) >= 11 is 0. The van der Waals surface area contributed by atoms with Crippen LogP contribution in [-0.4, -0.2) is 25.5 Å². The molecule has 4 nitrogen and oxygen atoms in total. The van der Waals surface area contributed by atoms with Crippen LogP contribution in [0.1, 0.15) is 18.4 Å². The zero-order valence-electron chi connectivity index (χ0n) is 8.82. The molecule has 0 atom stereocenters. The molecule has 2 rings (SSSR count). The number of aromatic nitrogens is 1. The Morgan fingerprint density at radius 3 is 2.13 bits per heavy atom. The predicted octanol–water partition coefficient (Wildman–Crippen LogP) is 1.33. The van der Waals surface area contributed by atoms with Crippen molar-refractivity contribution in [2.75, 3.05) is 14.2 Å². The number of rotatable bonds is 4. The number of aldehydes is 1. The normalized spacial score (nSPS) is 16.9. The highest BCUT2D eigenvalue weighted by Gasteiger charge is 2.48. The summed E-state index contributed by atoms with van der Waals surface area (Å²) in [7, 11) is 3.14. The SMILES string of the molecule is COc1cncc(OC)c1C1(C=O)CC1. The van der Waals surface area contributed by atoms with Crippen molar-refractivity contribution in [2.24, 2.45) is 0 Å². The molecule has 4 heteroatoms. The number of methoxy groups -OCH3 is 2. The Morgan fingerprint density at radius 1 is 1.27 bits per heavy atom. The number of nitrogens with zero attached hydrogens (tertiary/aromatic N) is 1. The molecular weight excluding hydrogens is 194 g/mol. The van der Waals surface area contributed by atoms with Crippen molar-refractivity contribution in [3.05, 3.63) is 18.0 Å². The van der Waals surface area contributed by atoms with Crippen LogP contribution in [0.2, 0.25) is 0 Å². The first-order valence-corrected chi connectivity index (χ1v) is 4.80. The third-order valence-electron chi connectivity index (χ3n) is 2.83. The zero-order valence-corrected chi connectivity index (χ0v) is 8.82. The number of carbonyl (C=O) groups is 1. The van der Waals surface area contributed by atoms with E-state index in [9.17, 15) is 4.79 Å². The minimum absolute atomic E-state index is 0.403. The third kappa shape index (κ3) is 1.46. The van der Waals surface area contributed by atoms with Crippen molar-refractivity contribution in [1.82, 2.24) is 4.98 Å². The summed E-state index contributed by atoms with van der Waals surface area (Å²) < 4.78 is 10.4. The van der Waals surface area contributed by atoms with E-state index in [1.165, 1.54) is 0 Å². The molecule has 1 aliphatic rings. The van der Waals surface area contributed by atoms with E-state index in [0.29, 0.717) is 11.5 Å². The summed E-state index contributed by atoms with van der Waals surface area (Å²) in [5.41, 5.74) is 0.428. The average molecular weight is 207 g/mol. The minimum Gasteiger partial charge on any atom is -0.495 e. The lowest BCUT2D eigenvalue weighted by Crippen LogP contribution is -2.12. The Bertz CT molecular complexity index is 363. The second-order valence-corrected chi connectivity index (χ2v) is 3.69. The van der Waals surface area contributed by atoms with Gasteiger partial charge in [-0.15, -0.1) is 0 Å². The van der Waals surface area contributed by atoms with E-state index in [4.69, 9.17) is 9.47 Å². The maximum absolute atomic E-state index is 11.1. The van der Waals surface area contributed by atoms with E-state index in [1.807, 2.05) is 0 Å². The molecule has 0 radical (unpaired) electrons. The van der Waals surface area contributed by atoms with Gasteiger partial charge in [0.1, 0.15) is 17.8 Å². The number of carbonyl (C=O) groups excluding carboxylic acids is 1. The number of ether oxygens (including phenoxy) is 2. The predicted molar refractivity (Wildman–Crippen MR) is 54.3 cm³/mol. The topological polar surface area (TPSA) is 48.4 Å². The van der Waals surface area contributed by atoms with Crippen LogP contribution in [0, 0.1) is 0 Å². The Hall–Kier alpha value is -1.58. The Morgan fingerprint density at radius 2 is 1.80 bits per heavy atom. The lowest BCUT2D eigenvalue weighted by Gasteiger charge is -2.16. The highest BCUT2D eigenvalue weighted by Crippen LogP contribution is 2.52. The highest BCUT2D eigenvalue weighted by molar-refractivity contribution is 5.76. The average Bonchev–Trinajstić information content (AvgIpc) is 3.08. The fourth-order valence-electron chi connectivity index (χ4n) is 1.78. The third-order valence-corrected chi connectivity index (χ3v) is 2.83. The zero-order chi connectivity index (χ0) is 10.9. The lowest BCUT2D eigenvalue weighted by atomic mass is 9.97. The molecule has 1 aliphatic carbocycles. The van der Waals surface area contributed by atoms with E-state index >= 15 is 0 Å². The maximum Gasteiger partial charge on any atom is 0.145 e. The molecule has 0 aromatic carbocycles. The van der Waals surface area contributed by atoms with Crippen molar-refractivity contribution in [3.63, 3.8) is 0 Å². The first kappa shape index (κ1) is 9.96. The summed E-state index contributed by atoms with van der Waals surface area (Å²) in [5.74, 6) is 1.25. The van der Waals surface area contributed by atoms with Gasteiger partial charge < -0.3 is 14.3 Å². The number of hydrogen-bond donors (Lipinski definition) is 0. The molecular formula is C11H13NO3. The molecule has 0 unspecified atom stereocenters. The Balaban J connectivity index is 2.55. The lowest BCUT2D eigenvalue weighted by molar-refractivity contribution is -0.109. The largest absolute Gasteiger partial charge is 0.495 e. The van der Waals surface area contributed by atoms with Crippen LogP contribution in [0.25, 0.3) is 0 Å². The summed E-state index contributed by atoms with van der Waals surface area (Å²) in [6.45, 7) is 0. The quantitative estimate of drug-likeness (QED) is 0.699. The summed E-state index contributed by atoms with van der Waals surface area (Å²) in [6.07, 6.45) is 5.91. The molecule has 1 saturated carbocycles. The second kappa shape index (κ2) is 3.53. The first-order chi connectivity index (χ1) is 7.27. The van der Waals surface area contributed by atoms with E-state index < -0.39 is 5.41 Å². The van der Waals surface area contributed by atoms with Gasteiger partial charge in [-0.05, 0) is 12.8 Å². The van der Waals surface area contributed by atoms with E-state index in [0.717, 1.165) is 24.7 Å². The molecule has 0 bridgehead atoms. The molecule has 0 amide bonds. The first-order valence-electron chi connectivity index (χ1n) is 4.80. The van der Waals surface area contributed by atoms with Gasteiger partial charge in [-0.25, -0.2) is 0 Å². The van der Waals surface area contributed by atoms with Crippen molar-refractivity contribution < 1.29 is 14.3 Å². The van der Waals surface area contributed by atoms with Gasteiger partial charge in [-0.3, -0.25) is 4.98 Å². The van der Waals surface area contributed by atoms with Gasteiger partial charge in [0, 0.05) is 0 Å². The number of hydrogen-bond acceptors (Lipinski definition) is 4. The molecule has 1 fully saturated rings. The van der Waals surface area contributed by atoms with Gasteiger partial charge >= 0.3 is 0 Å². The summed E-state index contributed by atoms with van der Waals surface area (Å²) in [4.78, 5) is 15.1. The van der Waals surface area contributed by atoms with Gasteiger partial charge in [-0.2, -0.15) is 0 Å². The Labute approximate surface area is 88.2 Å². The van der Waals surface area contributed by atoms with E-state index in [-0.39, 0.29) is 0 Å². The summed E-state index contributed by atoms with van der Waals surface area (Å²) in [5, 5.41) is 0. The van der Waals surface area contributed by atoms with Gasteiger partial charge in [-0.1, -0.05) is 0 Å². The molecule has 1 heterocycles. The van der Waals surface area contributed by atoms with Crippen LogP contribution in [0.5, 0.6) is 11.5 Å². The van der Waals surface area contributed by atoms with Gasteiger partial charge in [0.2, 0.25) is 0 Å². The van der Waals surface area contributed by atoms with Crippen LogP contribution in [-0.2, 0) is 10.2 Å². The molecule has 0 saturated heterocycles. The summed E-state index contributed by atoms with van der Waals surface area (Å²) in [6, 6.07) is 0. The maximum atomic E-state index is 11.1. The van der Waals surface area contributed by atoms with Crippen molar-refractivity contribution in [1.29, 1.82) is 0 Å². The monoisotopic (exact) mass is 207 g/mol. The van der Waals surface area contributed by atoms with Crippen molar-refractivity contribution in [3.8, 4) is 11.5 Å². The molecule has 80 valence electrons. The van der Waals surface area contributed by atoms with Crippen LogP contribution in [0.15, 0.2) is 12.4 Å². The van der Waals surface area contributed by atoms with E-state index in [1.54, 1.807) is 26.6 Å². The van der Waals surface area contributed by atoms with Crippen LogP contribution in [0.3, 0.4) is 0 Å². The van der Waals surface area contributed by atoms with Gasteiger partial charge in [0.25, 0.3) is 0 Å². The van der Waals surface area contributed by atoms with E-state index in [2.05, 4.69) is 4.98 Å². The van der Waals surface area contributed by atoms with Crippen LogP contribution in [0.4, 0.5) is 0 Å². The van der Waals surface area contributed by atoms with Crippen molar-refractivity contribution in [2.45, 2.75) is 18.3 Å². The van der Waals surface area contributed by atoms with Crippen LogP contribution < -0.4 is 9.47 Å². The second-order valence-electron chi connectivity index (χ2n) is 3.69. The van der Waals surface area contributed by atoms with Crippen LogP contribution >= 0.6 is 0 Å². The smallest absolute Gasteiger partial charge is 0.145 e. The van der Waals surface area contributed by atoms with Gasteiger partial charge in [0.15, 0.2) is 0 Å². The molecule has 1 aromatic heterocycles. The fraction of sp³-hybridized carbons (Fsp3) is 0.455. The van der Waals surface area contributed by atoms with Crippen molar-refractivity contribution >= 4 is 6.29 Å². The standard InChI is InChI=1S/C11H13NO3/c1-14-8-5-12-6-9(15-2)10(8)11(7-13)3-4-11/h5-7H,3-4H2,1-2H3. The molecule has 0 aliphatic heterocycles.